The maximum Gasteiger partial charge on any atom is 0.247 e. The van der Waals surface area contributed by atoms with Crippen molar-refractivity contribution in [3.63, 3.8) is 0 Å². The molecule has 25 heavy (non-hydrogen) atoms. The van der Waals surface area contributed by atoms with E-state index in [0.717, 1.165) is 11.1 Å². The molecule has 6 heteroatoms. The molecule has 0 aliphatic carbocycles. The van der Waals surface area contributed by atoms with Crippen LogP contribution in [-0.4, -0.2) is 22.4 Å². The molecule has 1 amide bonds. The van der Waals surface area contributed by atoms with E-state index < -0.39 is 6.04 Å². The van der Waals surface area contributed by atoms with Crippen LogP contribution in [0, 0.1) is 0 Å². The Balaban J connectivity index is 1.73. The minimum Gasteiger partial charge on any atom is -0.444 e. The molecule has 0 fully saturated rings. The van der Waals surface area contributed by atoms with Gasteiger partial charge in [-0.1, -0.05) is 54.7 Å². The lowest BCUT2D eigenvalue weighted by molar-refractivity contribution is -0.117. The lowest BCUT2D eigenvalue weighted by atomic mass is 10.1. The molecule has 3 rings (SSSR count). The number of nitrogens with one attached hydrogen (secondary N) is 2. The van der Waals surface area contributed by atoms with Crippen molar-refractivity contribution in [1.82, 2.24) is 10.3 Å². The number of oxazole rings is 1. The van der Waals surface area contributed by atoms with Crippen molar-refractivity contribution in [1.29, 1.82) is 0 Å². The van der Waals surface area contributed by atoms with Crippen molar-refractivity contribution in [2.24, 2.45) is 0 Å². The van der Waals surface area contributed by atoms with Crippen LogP contribution in [0.1, 0.15) is 5.56 Å². The molecule has 1 unspecified atom stereocenters. The molecule has 0 radical (unpaired) electrons. The van der Waals surface area contributed by atoms with E-state index in [1.165, 1.54) is 11.9 Å². The predicted molar refractivity (Wildman–Crippen MR) is 101 cm³/mol. The van der Waals surface area contributed by atoms with Gasteiger partial charge in [0.05, 0.1) is 11.7 Å². The highest BCUT2D eigenvalue weighted by Crippen LogP contribution is 2.22. The normalized spacial score (nSPS) is 11.5. The summed E-state index contributed by atoms with van der Waals surface area (Å²) in [6.45, 7) is 0. The van der Waals surface area contributed by atoms with Crippen molar-refractivity contribution in [2.45, 2.75) is 12.5 Å². The number of rotatable bonds is 7. The average Bonchev–Trinajstić information content (AvgIpc) is 3.17. The van der Waals surface area contributed by atoms with Gasteiger partial charge in [-0.3, -0.25) is 4.79 Å². The van der Waals surface area contributed by atoms with Gasteiger partial charge in [0, 0.05) is 17.7 Å². The number of anilines is 1. The number of hydrogen-bond donors (Lipinski definition) is 2. The molecule has 0 aliphatic rings. The zero-order chi connectivity index (χ0) is 17.5. The Morgan fingerprint density at radius 1 is 1.20 bits per heavy atom. The van der Waals surface area contributed by atoms with Crippen LogP contribution in [-0.2, 0) is 11.2 Å². The number of nitrogens with zero attached hydrogens (tertiary/aromatic N) is 1. The molecule has 1 atom stereocenters. The number of benzene rings is 2. The van der Waals surface area contributed by atoms with Crippen LogP contribution < -0.4 is 10.6 Å². The summed E-state index contributed by atoms with van der Waals surface area (Å²) < 4.78 is 5.29. The van der Waals surface area contributed by atoms with Gasteiger partial charge < -0.3 is 15.1 Å². The number of amides is 1. The van der Waals surface area contributed by atoms with Crippen molar-refractivity contribution >= 4 is 29.3 Å². The van der Waals surface area contributed by atoms with Crippen LogP contribution in [0.15, 0.2) is 71.6 Å². The van der Waals surface area contributed by atoms with Gasteiger partial charge in [0.2, 0.25) is 5.91 Å². The molecule has 0 aliphatic heterocycles. The summed E-state index contributed by atoms with van der Waals surface area (Å²) in [4.78, 5) is 16.5. The first-order chi connectivity index (χ1) is 12.3. The van der Waals surface area contributed by atoms with Crippen molar-refractivity contribution in [2.75, 3.05) is 5.32 Å². The molecule has 1 aromatic heterocycles. The van der Waals surface area contributed by atoms with E-state index in [9.17, 15) is 4.79 Å². The molecule has 2 N–H and O–H groups in total. The van der Waals surface area contributed by atoms with E-state index in [1.54, 1.807) is 6.20 Å². The molecule has 2 aromatic carbocycles. The fraction of sp³-hybridized carbons (Fsp3) is 0.105. The SMILES string of the molecule is O=C(Nc1cccc(-c2cnco2)c1)C(Cc1ccccc1)NC=S. The third kappa shape index (κ3) is 4.51. The van der Waals surface area contributed by atoms with Crippen molar-refractivity contribution in [3.05, 3.63) is 72.8 Å². The first kappa shape index (κ1) is 16.9. The Morgan fingerprint density at radius 3 is 2.76 bits per heavy atom. The topological polar surface area (TPSA) is 67.2 Å². The number of thiocarbonyl (C=S) groups is 1. The van der Waals surface area contributed by atoms with E-state index in [0.29, 0.717) is 17.9 Å². The van der Waals surface area contributed by atoms with Crippen LogP contribution in [0.4, 0.5) is 5.69 Å². The molecule has 1 heterocycles. The summed E-state index contributed by atoms with van der Waals surface area (Å²) in [7, 11) is 0. The third-order valence-electron chi connectivity index (χ3n) is 3.72. The van der Waals surface area contributed by atoms with Crippen LogP contribution in [0.25, 0.3) is 11.3 Å². The smallest absolute Gasteiger partial charge is 0.247 e. The fourth-order valence-electron chi connectivity index (χ4n) is 2.50. The molecule has 0 saturated carbocycles. The molecule has 0 spiro atoms. The number of aromatic nitrogens is 1. The van der Waals surface area contributed by atoms with Gasteiger partial charge in [-0.2, -0.15) is 0 Å². The highest BCUT2D eigenvalue weighted by molar-refractivity contribution is 7.78. The Bertz CT molecular complexity index is 835. The summed E-state index contributed by atoms with van der Waals surface area (Å²) in [6.07, 6.45) is 3.55. The van der Waals surface area contributed by atoms with E-state index in [1.807, 2.05) is 54.6 Å². The maximum absolute atomic E-state index is 12.6. The molecule has 0 bridgehead atoms. The van der Waals surface area contributed by atoms with E-state index in [2.05, 4.69) is 15.6 Å². The summed E-state index contributed by atoms with van der Waals surface area (Å²) in [6, 6.07) is 16.8. The monoisotopic (exact) mass is 351 g/mol. The molecule has 3 aromatic rings. The second-order valence-electron chi connectivity index (χ2n) is 5.46. The highest BCUT2D eigenvalue weighted by Gasteiger charge is 2.18. The third-order valence-corrected chi connectivity index (χ3v) is 3.85. The molecule has 0 saturated heterocycles. The first-order valence-corrected chi connectivity index (χ1v) is 8.27. The van der Waals surface area contributed by atoms with Crippen LogP contribution in [0.5, 0.6) is 0 Å². The van der Waals surface area contributed by atoms with Gasteiger partial charge in [0.15, 0.2) is 12.2 Å². The summed E-state index contributed by atoms with van der Waals surface area (Å²) in [5, 5.41) is 5.86. The van der Waals surface area contributed by atoms with Crippen LogP contribution >= 0.6 is 12.2 Å². The quantitative estimate of drug-likeness (QED) is 0.638. The first-order valence-electron chi connectivity index (χ1n) is 7.79. The molecule has 5 nitrogen and oxygen atoms in total. The average molecular weight is 351 g/mol. The minimum absolute atomic E-state index is 0.153. The molecular formula is C19H17N3O2S. The standard InChI is InChI=1S/C19H17N3O2S/c23-19(17(21-13-25)9-14-5-2-1-3-6-14)22-16-8-4-7-15(10-16)18-11-20-12-24-18/h1-8,10-13,17H,9H2,(H,21,25)(H,22,23). The Hall–Kier alpha value is -2.99. The van der Waals surface area contributed by atoms with E-state index in [-0.39, 0.29) is 5.91 Å². The zero-order valence-electron chi connectivity index (χ0n) is 13.4. The van der Waals surface area contributed by atoms with Gasteiger partial charge in [-0.15, -0.1) is 0 Å². The second kappa shape index (κ2) is 8.21. The van der Waals surface area contributed by atoms with Crippen molar-refractivity contribution in [3.8, 4) is 11.3 Å². The Morgan fingerprint density at radius 2 is 2.04 bits per heavy atom. The van der Waals surface area contributed by atoms with Gasteiger partial charge in [0.1, 0.15) is 6.04 Å². The second-order valence-corrected chi connectivity index (χ2v) is 5.70. The van der Waals surface area contributed by atoms with Gasteiger partial charge in [-0.05, 0) is 17.7 Å². The van der Waals surface area contributed by atoms with Crippen LogP contribution in [0.3, 0.4) is 0 Å². The van der Waals surface area contributed by atoms with E-state index in [4.69, 9.17) is 16.6 Å². The largest absolute Gasteiger partial charge is 0.444 e. The fourth-order valence-corrected chi connectivity index (χ4v) is 2.66. The lowest BCUT2D eigenvalue weighted by Crippen LogP contribution is -2.41. The van der Waals surface area contributed by atoms with E-state index >= 15 is 0 Å². The number of carbonyl (C=O) groups excluding carboxylic acids is 1. The number of hydrogen-bond acceptors (Lipinski definition) is 4. The summed E-state index contributed by atoms with van der Waals surface area (Å²) in [5.74, 6) is 0.494. The Kier molecular flexibility index (Phi) is 5.53. The predicted octanol–water partition coefficient (Wildman–Crippen LogP) is 3.44. The maximum atomic E-state index is 12.6. The highest BCUT2D eigenvalue weighted by atomic mass is 32.1. The van der Waals surface area contributed by atoms with Crippen molar-refractivity contribution < 1.29 is 9.21 Å². The molecular weight excluding hydrogens is 334 g/mol. The minimum atomic E-state index is -0.450. The lowest BCUT2D eigenvalue weighted by Gasteiger charge is -2.17. The molecule has 126 valence electrons. The van der Waals surface area contributed by atoms with Gasteiger partial charge in [-0.25, -0.2) is 4.98 Å². The zero-order valence-corrected chi connectivity index (χ0v) is 14.2. The number of carbonyl (C=O) groups is 1. The van der Waals surface area contributed by atoms with Gasteiger partial charge in [0.25, 0.3) is 0 Å². The van der Waals surface area contributed by atoms with Crippen LogP contribution in [0.2, 0.25) is 0 Å². The van der Waals surface area contributed by atoms with Gasteiger partial charge >= 0.3 is 0 Å². The Labute approximate surface area is 151 Å². The summed E-state index contributed by atoms with van der Waals surface area (Å²) in [5.41, 5.74) is 3.96. The summed E-state index contributed by atoms with van der Waals surface area (Å²) >= 11 is 4.87.